The number of hydrogen-bond donors (Lipinski definition) is 1. The molecule has 1 aliphatic heterocycles. The summed E-state index contributed by atoms with van der Waals surface area (Å²) in [5.41, 5.74) is 3.84. The minimum Gasteiger partial charge on any atom is -0.356 e. The predicted octanol–water partition coefficient (Wildman–Crippen LogP) is 0.818. The first kappa shape index (κ1) is 19.7. The molecule has 1 N–H and O–H groups in total. The minimum absolute atomic E-state index is 0.103. The predicted molar refractivity (Wildman–Crippen MR) is 105 cm³/mol. The van der Waals surface area contributed by atoms with Gasteiger partial charge in [0.2, 0.25) is 5.91 Å². The Bertz CT molecular complexity index is 765. The summed E-state index contributed by atoms with van der Waals surface area (Å²) in [4.78, 5) is 17.2. The first-order valence-corrected chi connectivity index (χ1v) is 9.96. The summed E-state index contributed by atoms with van der Waals surface area (Å²) >= 11 is 0. The average Bonchev–Trinajstić information content (AvgIpc) is 3.14. The van der Waals surface area contributed by atoms with Crippen molar-refractivity contribution in [1.82, 2.24) is 34.9 Å². The standard InChI is InChI=1S/C19H31N7O/c1-4-24-10-12-25(13-11-24)9-5-8-20-18(27)7-6-17-15(2)19-22-21-14-26(19)23-16(17)3/h14H,4-13H2,1-3H3,(H,20,27). The van der Waals surface area contributed by atoms with Crippen LogP contribution < -0.4 is 5.32 Å². The molecular formula is C19H31N7O. The molecule has 3 heterocycles. The molecule has 1 saturated heterocycles. The second-order valence-electron chi connectivity index (χ2n) is 7.27. The molecule has 1 amide bonds. The van der Waals surface area contributed by atoms with Gasteiger partial charge in [-0.15, -0.1) is 10.2 Å². The van der Waals surface area contributed by atoms with Crippen LogP contribution in [0.4, 0.5) is 0 Å². The van der Waals surface area contributed by atoms with E-state index in [9.17, 15) is 4.79 Å². The van der Waals surface area contributed by atoms with E-state index in [0.717, 1.165) is 74.7 Å². The van der Waals surface area contributed by atoms with Crippen molar-refractivity contribution in [2.75, 3.05) is 45.8 Å². The van der Waals surface area contributed by atoms with Crippen molar-refractivity contribution in [1.29, 1.82) is 0 Å². The fraction of sp³-hybridized carbons (Fsp3) is 0.684. The number of rotatable bonds is 8. The zero-order valence-electron chi connectivity index (χ0n) is 16.7. The highest BCUT2D eigenvalue weighted by atomic mass is 16.1. The van der Waals surface area contributed by atoms with Crippen molar-refractivity contribution < 1.29 is 4.79 Å². The van der Waals surface area contributed by atoms with E-state index in [4.69, 9.17) is 0 Å². The summed E-state index contributed by atoms with van der Waals surface area (Å²) in [6.07, 6.45) is 3.76. The molecule has 0 radical (unpaired) electrons. The first-order valence-electron chi connectivity index (χ1n) is 9.96. The van der Waals surface area contributed by atoms with E-state index in [1.54, 1.807) is 10.8 Å². The van der Waals surface area contributed by atoms with Gasteiger partial charge in [-0.2, -0.15) is 5.10 Å². The molecule has 0 aliphatic carbocycles. The van der Waals surface area contributed by atoms with Crippen molar-refractivity contribution in [3.8, 4) is 0 Å². The number of hydrogen-bond acceptors (Lipinski definition) is 6. The third-order valence-electron chi connectivity index (χ3n) is 5.50. The molecule has 8 heteroatoms. The van der Waals surface area contributed by atoms with Crippen molar-refractivity contribution in [3.05, 3.63) is 23.1 Å². The van der Waals surface area contributed by atoms with Gasteiger partial charge in [0.05, 0.1) is 5.69 Å². The number of carbonyl (C=O) groups is 1. The number of aryl methyl sites for hydroxylation is 2. The normalized spacial score (nSPS) is 16.1. The highest BCUT2D eigenvalue weighted by molar-refractivity contribution is 5.76. The lowest BCUT2D eigenvalue weighted by molar-refractivity contribution is -0.121. The molecule has 148 valence electrons. The Morgan fingerprint density at radius 2 is 1.93 bits per heavy atom. The van der Waals surface area contributed by atoms with E-state index in [1.807, 2.05) is 13.8 Å². The van der Waals surface area contributed by atoms with Gasteiger partial charge in [0.25, 0.3) is 0 Å². The van der Waals surface area contributed by atoms with Crippen molar-refractivity contribution >= 4 is 11.6 Å². The largest absolute Gasteiger partial charge is 0.356 e. The van der Waals surface area contributed by atoms with Crippen LogP contribution in [0.1, 0.15) is 36.6 Å². The molecule has 27 heavy (non-hydrogen) atoms. The zero-order valence-corrected chi connectivity index (χ0v) is 16.7. The first-order chi connectivity index (χ1) is 13.1. The van der Waals surface area contributed by atoms with Gasteiger partial charge in [0.15, 0.2) is 5.65 Å². The Balaban J connectivity index is 1.38. The molecule has 3 rings (SSSR count). The Hall–Kier alpha value is -2.06. The van der Waals surface area contributed by atoms with Gasteiger partial charge in [0.1, 0.15) is 6.33 Å². The number of carbonyl (C=O) groups excluding carboxylic acids is 1. The van der Waals surface area contributed by atoms with Crippen LogP contribution in [0, 0.1) is 13.8 Å². The second-order valence-corrected chi connectivity index (χ2v) is 7.27. The molecule has 0 saturated carbocycles. The Labute approximate surface area is 160 Å². The quantitative estimate of drug-likeness (QED) is 0.690. The summed E-state index contributed by atoms with van der Waals surface area (Å²) in [6, 6.07) is 0. The highest BCUT2D eigenvalue weighted by Gasteiger charge is 2.15. The van der Waals surface area contributed by atoms with Gasteiger partial charge in [-0.25, -0.2) is 4.52 Å². The maximum atomic E-state index is 12.2. The molecule has 0 aromatic carbocycles. The Kier molecular flexibility index (Phi) is 6.73. The Morgan fingerprint density at radius 3 is 2.67 bits per heavy atom. The SMILES string of the molecule is CCN1CCN(CCCNC(=O)CCc2c(C)nn3cnnc3c2C)CC1. The molecule has 2 aromatic rings. The highest BCUT2D eigenvalue weighted by Crippen LogP contribution is 2.17. The van der Waals surface area contributed by atoms with E-state index in [-0.39, 0.29) is 5.91 Å². The average molecular weight is 374 g/mol. The van der Waals surface area contributed by atoms with E-state index < -0.39 is 0 Å². The number of piperazine rings is 1. The zero-order chi connectivity index (χ0) is 19.2. The third-order valence-corrected chi connectivity index (χ3v) is 5.50. The molecular weight excluding hydrogens is 342 g/mol. The number of amides is 1. The smallest absolute Gasteiger partial charge is 0.220 e. The fourth-order valence-electron chi connectivity index (χ4n) is 3.73. The van der Waals surface area contributed by atoms with Gasteiger partial charge in [-0.1, -0.05) is 6.92 Å². The maximum Gasteiger partial charge on any atom is 0.220 e. The van der Waals surface area contributed by atoms with Crippen molar-refractivity contribution in [2.24, 2.45) is 0 Å². The van der Waals surface area contributed by atoms with Crippen molar-refractivity contribution in [3.63, 3.8) is 0 Å². The van der Waals surface area contributed by atoms with Gasteiger partial charge in [-0.05, 0) is 45.3 Å². The summed E-state index contributed by atoms with van der Waals surface area (Å²) in [5.74, 6) is 0.103. The van der Waals surface area contributed by atoms with Crippen LogP contribution in [0.3, 0.4) is 0 Å². The van der Waals surface area contributed by atoms with E-state index in [1.165, 1.54) is 0 Å². The lowest BCUT2D eigenvalue weighted by Gasteiger charge is -2.33. The summed E-state index contributed by atoms with van der Waals surface area (Å²) in [7, 11) is 0. The fourth-order valence-corrected chi connectivity index (χ4v) is 3.73. The molecule has 0 unspecified atom stereocenters. The van der Waals surface area contributed by atoms with Crippen LogP contribution in [0.2, 0.25) is 0 Å². The second kappa shape index (κ2) is 9.23. The number of nitrogens with one attached hydrogen (secondary N) is 1. The third kappa shape index (κ3) is 5.01. The lowest BCUT2D eigenvalue weighted by atomic mass is 10.0. The molecule has 2 aromatic heterocycles. The van der Waals surface area contributed by atoms with Crippen LogP contribution in [0.15, 0.2) is 6.33 Å². The molecule has 0 bridgehead atoms. The van der Waals surface area contributed by atoms with E-state index in [0.29, 0.717) is 12.8 Å². The number of aromatic nitrogens is 4. The summed E-state index contributed by atoms with van der Waals surface area (Å²) in [5, 5.41) is 15.5. The minimum atomic E-state index is 0.103. The molecule has 1 fully saturated rings. The molecule has 8 nitrogen and oxygen atoms in total. The lowest BCUT2D eigenvalue weighted by Crippen LogP contribution is -2.46. The summed E-state index contributed by atoms with van der Waals surface area (Å²) < 4.78 is 1.69. The number of likely N-dealkylation sites (N-methyl/N-ethyl adjacent to an activating group) is 1. The monoisotopic (exact) mass is 373 g/mol. The van der Waals surface area contributed by atoms with Gasteiger partial charge in [0, 0.05) is 44.7 Å². The van der Waals surface area contributed by atoms with Gasteiger partial charge >= 0.3 is 0 Å². The van der Waals surface area contributed by atoms with E-state index in [2.05, 4.69) is 37.3 Å². The van der Waals surface area contributed by atoms with Crippen LogP contribution in [0.5, 0.6) is 0 Å². The molecule has 0 spiro atoms. The summed E-state index contributed by atoms with van der Waals surface area (Å²) in [6.45, 7) is 13.7. The Morgan fingerprint density at radius 1 is 1.19 bits per heavy atom. The van der Waals surface area contributed by atoms with Crippen LogP contribution in [-0.2, 0) is 11.2 Å². The maximum absolute atomic E-state index is 12.2. The molecule has 0 atom stereocenters. The topological polar surface area (TPSA) is 78.7 Å². The van der Waals surface area contributed by atoms with Gasteiger partial charge in [-0.3, -0.25) is 4.79 Å². The number of nitrogens with zero attached hydrogens (tertiary/aromatic N) is 6. The van der Waals surface area contributed by atoms with E-state index >= 15 is 0 Å². The van der Waals surface area contributed by atoms with Crippen molar-refractivity contribution in [2.45, 2.75) is 40.0 Å². The van der Waals surface area contributed by atoms with Crippen LogP contribution >= 0.6 is 0 Å². The van der Waals surface area contributed by atoms with Crippen LogP contribution in [-0.4, -0.2) is 81.3 Å². The van der Waals surface area contributed by atoms with Crippen LogP contribution in [0.25, 0.3) is 5.65 Å². The number of fused-ring (bicyclic) bond motifs is 1. The molecule has 1 aliphatic rings. The van der Waals surface area contributed by atoms with Gasteiger partial charge < -0.3 is 15.1 Å².